The van der Waals surface area contributed by atoms with Gasteiger partial charge in [-0.15, -0.1) is 0 Å². The van der Waals surface area contributed by atoms with Gasteiger partial charge in [0.15, 0.2) is 0 Å². The van der Waals surface area contributed by atoms with Crippen LogP contribution in [0.2, 0.25) is 0 Å². The molecule has 0 saturated heterocycles. The lowest BCUT2D eigenvalue weighted by Gasteiger charge is -2.36. The van der Waals surface area contributed by atoms with E-state index in [2.05, 4.69) is 5.32 Å². The SMILES string of the molecule is CCOCCN(C)C(=O)NCC1(CC(=O)O)CCCCC1. The Morgan fingerprint density at radius 1 is 1.29 bits per heavy atom. The molecule has 0 aromatic heterocycles. The molecule has 0 atom stereocenters. The molecule has 0 radical (unpaired) electrons. The highest BCUT2D eigenvalue weighted by Gasteiger charge is 2.34. The van der Waals surface area contributed by atoms with E-state index in [0.29, 0.717) is 26.3 Å². The summed E-state index contributed by atoms with van der Waals surface area (Å²) in [6.07, 6.45) is 5.14. The van der Waals surface area contributed by atoms with Crippen molar-refractivity contribution in [2.75, 3.05) is 33.4 Å². The Morgan fingerprint density at radius 2 is 1.95 bits per heavy atom. The molecule has 1 aliphatic carbocycles. The van der Waals surface area contributed by atoms with Gasteiger partial charge in [0, 0.05) is 26.7 Å². The molecular formula is C15H28N2O4. The summed E-state index contributed by atoms with van der Waals surface area (Å²) in [7, 11) is 1.72. The Morgan fingerprint density at radius 3 is 2.52 bits per heavy atom. The number of hydrogen-bond donors (Lipinski definition) is 2. The molecule has 0 aliphatic heterocycles. The van der Waals surface area contributed by atoms with Gasteiger partial charge in [0.25, 0.3) is 0 Å². The predicted molar refractivity (Wildman–Crippen MR) is 80.3 cm³/mol. The topological polar surface area (TPSA) is 78.9 Å². The molecule has 6 heteroatoms. The normalized spacial score (nSPS) is 17.2. The lowest BCUT2D eigenvalue weighted by molar-refractivity contribution is -0.140. The zero-order valence-corrected chi connectivity index (χ0v) is 13.2. The number of ether oxygens (including phenoxy) is 1. The second-order valence-corrected chi connectivity index (χ2v) is 5.91. The molecule has 0 spiro atoms. The molecule has 0 heterocycles. The fourth-order valence-corrected chi connectivity index (χ4v) is 2.88. The van der Waals surface area contributed by atoms with E-state index < -0.39 is 5.97 Å². The standard InChI is InChI=1S/C15H28N2O4/c1-3-21-10-9-17(2)14(20)16-12-15(11-13(18)19)7-5-4-6-8-15/h3-12H2,1-2H3,(H,16,20)(H,18,19). The molecule has 21 heavy (non-hydrogen) atoms. The second-order valence-electron chi connectivity index (χ2n) is 5.91. The highest BCUT2D eigenvalue weighted by molar-refractivity contribution is 5.74. The minimum absolute atomic E-state index is 0.135. The van der Waals surface area contributed by atoms with Crippen LogP contribution in [-0.4, -0.2) is 55.4 Å². The summed E-state index contributed by atoms with van der Waals surface area (Å²) in [5.41, 5.74) is -0.277. The quantitative estimate of drug-likeness (QED) is 0.673. The number of likely N-dealkylation sites (N-methyl/N-ethyl adjacent to an activating group) is 1. The van der Waals surface area contributed by atoms with Crippen LogP contribution in [0.3, 0.4) is 0 Å². The van der Waals surface area contributed by atoms with E-state index in [-0.39, 0.29) is 17.9 Å². The average molecular weight is 300 g/mol. The van der Waals surface area contributed by atoms with Crippen molar-refractivity contribution in [1.82, 2.24) is 10.2 Å². The van der Waals surface area contributed by atoms with Gasteiger partial charge in [-0.05, 0) is 25.2 Å². The third-order valence-electron chi connectivity index (χ3n) is 4.18. The molecule has 0 aromatic carbocycles. The van der Waals surface area contributed by atoms with Gasteiger partial charge in [-0.2, -0.15) is 0 Å². The summed E-state index contributed by atoms with van der Waals surface area (Å²) in [6, 6.07) is -0.162. The fourth-order valence-electron chi connectivity index (χ4n) is 2.88. The largest absolute Gasteiger partial charge is 0.481 e. The van der Waals surface area contributed by atoms with Crippen LogP contribution < -0.4 is 5.32 Å². The number of aliphatic carboxylic acids is 1. The number of amides is 2. The van der Waals surface area contributed by atoms with Crippen LogP contribution in [0.15, 0.2) is 0 Å². The maximum atomic E-state index is 12.0. The first-order chi connectivity index (χ1) is 9.99. The molecule has 2 N–H and O–H groups in total. The maximum absolute atomic E-state index is 12.0. The first-order valence-corrected chi connectivity index (χ1v) is 7.77. The first kappa shape index (κ1) is 17.8. The van der Waals surface area contributed by atoms with E-state index in [1.165, 1.54) is 0 Å². The number of carbonyl (C=O) groups is 2. The zero-order chi connectivity index (χ0) is 15.7. The molecule has 1 rings (SSSR count). The van der Waals surface area contributed by atoms with Gasteiger partial charge in [0.2, 0.25) is 0 Å². The smallest absolute Gasteiger partial charge is 0.317 e. The van der Waals surface area contributed by atoms with Crippen LogP contribution in [0.1, 0.15) is 45.4 Å². The number of hydrogen-bond acceptors (Lipinski definition) is 3. The highest BCUT2D eigenvalue weighted by atomic mass is 16.5. The molecule has 0 unspecified atom stereocenters. The Kier molecular flexibility index (Phi) is 7.50. The van der Waals surface area contributed by atoms with Crippen LogP contribution in [0.25, 0.3) is 0 Å². The van der Waals surface area contributed by atoms with E-state index in [1.807, 2.05) is 6.92 Å². The second kappa shape index (κ2) is 8.87. The Labute approximate surface area is 126 Å². The number of rotatable bonds is 8. The number of carboxylic acid groups (broad SMARTS) is 1. The molecule has 2 amide bonds. The van der Waals surface area contributed by atoms with E-state index in [1.54, 1.807) is 11.9 Å². The molecular weight excluding hydrogens is 272 g/mol. The Hall–Kier alpha value is -1.30. The average Bonchev–Trinajstić information content (AvgIpc) is 2.45. The molecule has 6 nitrogen and oxygen atoms in total. The van der Waals surface area contributed by atoms with Gasteiger partial charge in [0.05, 0.1) is 13.0 Å². The van der Waals surface area contributed by atoms with E-state index in [9.17, 15) is 9.59 Å². The monoisotopic (exact) mass is 300 g/mol. The number of nitrogens with one attached hydrogen (secondary N) is 1. The van der Waals surface area contributed by atoms with Gasteiger partial charge in [-0.25, -0.2) is 4.79 Å². The number of urea groups is 1. The molecule has 0 bridgehead atoms. The van der Waals surface area contributed by atoms with Crippen LogP contribution in [0.4, 0.5) is 4.79 Å². The molecule has 1 saturated carbocycles. The predicted octanol–water partition coefficient (Wildman–Crippen LogP) is 2.09. The number of carbonyl (C=O) groups excluding carboxylic acids is 1. The Balaban J connectivity index is 2.44. The minimum Gasteiger partial charge on any atom is -0.481 e. The number of nitrogens with zero attached hydrogens (tertiary/aromatic N) is 1. The zero-order valence-electron chi connectivity index (χ0n) is 13.2. The summed E-state index contributed by atoms with van der Waals surface area (Å²) >= 11 is 0. The van der Waals surface area contributed by atoms with E-state index in [0.717, 1.165) is 32.1 Å². The molecule has 1 fully saturated rings. The highest BCUT2D eigenvalue weighted by Crippen LogP contribution is 2.38. The third kappa shape index (κ3) is 6.33. The van der Waals surface area contributed by atoms with E-state index >= 15 is 0 Å². The lowest BCUT2D eigenvalue weighted by atomic mass is 9.72. The van der Waals surface area contributed by atoms with Crippen molar-refractivity contribution in [2.24, 2.45) is 5.41 Å². The Bertz CT molecular complexity index is 341. The maximum Gasteiger partial charge on any atom is 0.317 e. The van der Waals surface area contributed by atoms with Gasteiger partial charge in [-0.1, -0.05) is 19.3 Å². The van der Waals surface area contributed by atoms with Crippen LogP contribution in [0, 0.1) is 5.41 Å². The van der Waals surface area contributed by atoms with Crippen molar-refractivity contribution in [3.63, 3.8) is 0 Å². The van der Waals surface area contributed by atoms with Crippen molar-refractivity contribution >= 4 is 12.0 Å². The molecule has 0 aromatic rings. The van der Waals surface area contributed by atoms with Crippen molar-refractivity contribution in [3.05, 3.63) is 0 Å². The van der Waals surface area contributed by atoms with Crippen molar-refractivity contribution in [2.45, 2.75) is 45.4 Å². The van der Waals surface area contributed by atoms with Gasteiger partial charge >= 0.3 is 12.0 Å². The molecule has 122 valence electrons. The summed E-state index contributed by atoms with van der Waals surface area (Å²) in [5, 5.41) is 12.0. The summed E-state index contributed by atoms with van der Waals surface area (Å²) in [6.45, 7) is 4.04. The van der Waals surface area contributed by atoms with Crippen molar-refractivity contribution in [3.8, 4) is 0 Å². The third-order valence-corrected chi connectivity index (χ3v) is 4.18. The summed E-state index contributed by atoms with van der Waals surface area (Å²) < 4.78 is 5.22. The number of carboxylic acids is 1. The molecule has 1 aliphatic rings. The fraction of sp³-hybridized carbons (Fsp3) is 0.867. The van der Waals surface area contributed by atoms with Crippen molar-refractivity contribution in [1.29, 1.82) is 0 Å². The van der Waals surface area contributed by atoms with Gasteiger partial charge in [-0.3, -0.25) is 4.79 Å². The van der Waals surface area contributed by atoms with Crippen molar-refractivity contribution < 1.29 is 19.4 Å². The summed E-state index contributed by atoms with van der Waals surface area (Å²) in [5.74, 6) is -0.782. The van der Waals surface area contributed by atoms with Crippen LogP contribution in [0.5, 0.6) is 0 Å². The first-order valence-electron chi connectivity index (χ1n) is 7.77. The summed E-state index contributed by atoms with van der Waals surface area (Å²) in [4.78, 5) is 24.7. The van der Waals surface area contributed by atoms with Gasteiger partial charge in [0.1, 0.15) is 0 Å². The van der Waals surface area contributed by atoms with Gasteiger partial charge < -0.3 is 20.1 Å². The van der Waals surface area contributed by atoms with Crippen LogP contribution in [-0.2, 0) is 9.53 Å². The minimum atomic E-state index is -0.782. The lowest BCUT2D eigenvalue weighted by Crippen LogP contribution is -2.45. The van der Waals surface area contributed by atoms with Crippen LogP contribution >= 0.6 is 0 Å². The van der Waals surface area contributed by atoms with E-state index in [4.69, 9.17) is 9.84 Å².